The van der Waals surface area contributed by atoms with Gasteiger partial charge in [-0.2, -0.15) is 5.10 Å². The first kappa shape index (κ1) is 20.5. The fourth-order valence-corrected chi connectivity index (χ4v) is 4.36. The van der Waals surface area contributed by atoms with Crippen molar-refractivity contribution in [2.75, 3.05) is 19.7 Å². The van der Waals surface area contributed by atoms with Gasteiger partial charge in [0.05, 0.1) is 13.2 Å². The van der Waals surface area contributed by atoms with Crippen LogP contribution in [0.2, 0.25) is 0 Å². The Morgan fingerprint density at radius 1 is 1.23 bits per heavy atom. The molecule has 0 N–H and O–H groups in total. The molecule has 1 aromatic heterocycles. The summed E-state index contributed by atoms with van der Waals surface area (Å²) in [5, 5.41) is 4.53. The molecule has 30 heavy (non-hydrogen) atoms. The normalized spacial score (nSPS) is 17.0. The zero-order valence-electron chi connectivity index (χ0n) is 17.4. The SMILES string of the molecule is CC(=O)N1CCC(N(Cc2ccc(F)cc2)C(=O)c2nn(C)c3c2COCC3)CC1. The van der Waals surface area contributed by atoms with Crippen LogP contribution in [0.4, 0.5) is 4.39 Å². The lowest BCUT2D eigenvalue weighted by Gasteiger charge is -2.38. The van der Waals surface area contributed by atoms with Crippen LogP contribution in [0, 0.1) is 5.82 Å². The highest BCUT2D eigenvalue weighted by Crippen LogP contribution is 2.26. The second-order valence-electron chi connectivity index (χ2n) is 8.00. The van der Waals surface area contributed by atoms with Gasteiger partial charge in [0.2, 0.25) is 5.91 Å². The Morgan fingerprint density at radius 3 is 2.60 bits per heavy atom. The molecular weight excluding hydrogens is 387 g/mol. The summed E-state index contributed by atoms with van der Waals surface area (Å²) in [5.41, 5.74) is 3.19. The first-order valence-electron chi connectivity index (χ1n) is 10.4. The van der Waals surface area contributed by atoms with Gasteiger partial charge >= 0.3 is 0 Å². The molecule has 0 unspecified atom stereocenters. The van der Waals surface area contributed by atoms with Crippen LogP contribution in [0.5, 0.6) is 0 Å². The summed E-state index contributed by atoms with van der Waals surface area (Å²) in [7, 11) is 1.86. The van der Waals surface area contributed by atoms with Gasteiger partial charge in [0.15, 0.2) is 5.69 Å². The number of fused-ring (bicyclic) bond motifs is 1. The summed E-state index contributed by atoms with van der Waals surface area (Å²) in [4.78, 5) is 29.0. The second kappa shape index (κ2) is 8.55. The number of piperidine rings is 1. The summed E-state index contributed by atoms with van der Waals surface area (Å²) in [6.07, 6.45) is 2.15. The maximum Gasteiger partial charge on any atom is 0.275 e. The number of hydrogen-bond donors (Lipinski definition) is 0. The van der Waals surface area contributed by atoms with E-state index in [9.17, 15) is 14.0 Å². The molecule has 0 saturated carbocycles. The number of rotatable bonds is 4. The summed E-state index contributed by atoms with van der Waals surface area (Å²) in [5.74, 6) is -0.383. The topological polar surface area (TPSA) is 67.7 Å². The zero-order valence-corrected chi connectivity index (χ0v) is 17.4. The van der Waals surface area contributed by atoms with E-state index in [1.807, 2.05) is 16.8 Å². The minimum absolute atomic E-state index is 0.0136. The van der Waals surface area contributed by atoms with Crippen LogP contribution in [0.15, 0.2) is 24.3 Å². The van der Waals surface area contributed by atoms with Crippen LogP contribution in [0.3, 0.4) is 0 Å². The molecule has 7 nitrogen and oxygen atoms in total. The Balaban J connectivity index is 1.62. The predicted octanol–water partition coefficient (Wildman–Crippen LogP) is 2.29. The smallest absolute Gasteiger partial charge is 0.275 e. The monoisotopic (exact) mass is 414 g/mol. The first-order valence-corrected chi connectivity index (χ1v) is 10.4. The molecule has 160 valence electrons. The molecule has 2 aliphatic rings. The maximum absolute atomic E-state index is 13.7. The molecule has 8 heteroatoms. The van der Waals surface area contributed by atoms with E-state index >= 15 is 0 Å². The largest absolute Gasteiger partial charge is 0.376 e. The third-order valence-electron chi connectivity index (χ3n) is 6.08. The lowest BCUT2D eigenvalue weighted by Crippen LogP contribution is -2.48. The summed E-state index contributed by atoms with van der Waals surface area (Å²) < 4.78 is 20.7. The van der Waals surface area contributed by atoms with Crippen molar-refractivity contribution in [1.29, 1.82) is 0 Å². The molecule has 2 aliphatic heterocycles. The van der Waals surface area contributed by atoms with Crippen LogP contribution in [0.25, 0.3) is 0 Å². The van der Waals surface area contributed by atoms with E-state index in [1.165, 1.54) is 12.1 Å². The van der Waals surface area contributed by atoms with E-state index in [0.29, 0.717) is 51.4 Å². The highest BCUT2D eigenvalue weighted by Gasteiger charge is 2.33. The minimum atomic E-state index is -0.303. The van der Waals surface area contributed by atoms with Crippen molar-refractivity contribution in [2.45, 2.75) is 45.4 Å². The Kier molecular flexibility index (Phi) is 5.85. The number of hydrogen-bond acceptors (Lipinski definition) is 4. The van der Waals surface area contributed by atoms with Crippen molar-refractivity contribution >= 4 is 11.8 Å². The van der Waals surface area contributed by atoms with E-state index in [-0.39, 0.29) is 23.7 Å². The molecule has 1 aromatic carbocycles. The van der Waals surface area contributed by atoms with Crippen LogP contribution in [-0.4, -0.2) is 57.1 Å². The highest BCUT2D eigenvalue weighted by molar-refractivity contribution is 5.94. The van der Waals surface area contributed by atoms with Gasteiger partial charge in [0.25, 0.3) is 5.91 Å². The van der Waals surface area contributed by atoms with Crippen molar-refractivity contribution < 1.29 is 18.7 Å². The number of nitrogens with zero attached hydrogens (tertiary/aromatic N) is 4. The molecule has 1 fully saturated rings. The van der Waals surface area contributed by atoms with E-state index in [4.69, 9.17) is 4.74 Å². The number of ether oxygens (including phenoxy) is 1. The van der Waals surface area contributed by atoms with Gasteiger partial charge in [-0.1, -0.05) is 12.1 Å². The summed E-state index contributed by atoms with van der Waals surface area (Å²) in [6, 6.07) is 6.22. The second-order valence-corrected chi connectivity index (χ2v) is 8.00. The van der Waals surface area contributed by atoms with Gasteiger partial charge in [-0.25, -0.2) is 4.39 Å². The molecule has 0 spiro atoms. The van der Waals surface area contributed by atoms with Crippen LogP contribution < -0.4 is 0 Å². The minimum Gasteiger partial charge on any atom is -0.376 e. The number of likely N-dealkylation sites (tertiary alicyclic amines) is 1. The molecule has 0 atom stereocenters. The Labute approximate surface area is 175 Å². The van der Waals surface area contributed by atoms with Crippen molar-refractivity contribution in [3.05, 3.63) is 52.6 Å². The fourth-order valence-electron chi connectivity index (χ4n) is 4.36. The average molecular weight is 414 g/mol. The van der Waals surface area contributed by atoms with Gasteiger partial charge in [0, 0.05) is 57.3 Å². The molecule has 2 amide bonds. The molecule has 3 heterocycles. The number of aryl methyl sites for hydroxylation is 1. The third-order valence-corrected chi connectivity index (χ3v) is 6.08. The number of amides is 2. The van der Waals surface area contributed by atoms with E-state index < -0.39 is 0 Å². The summed E-state index contributed by atoms with van der Waals surface area (Å²) in [6.45, 7) is 4.20. The first-order chi connectivity index (χ1) is 14.4. The molecule has 0 aliphatic carbocycles. The number of benzene rings is 1. The van der Waals surface area contributed by atoms with E-state index in [0.717, 1.165) is 23.2 Å². The molecule has 2 aromatic rings. The zero-order chi connectivity index (χ0) is 21.3. The predicted molar refractivity (Wildman–Crippen MR) is 108 cm³/mol. The van der Waals surface area contributed by atoms with Crippen molar-refractivity contribution in [2.24, 2.45) is 7.05 Å². The molecule has 4 rings (SSSR count). The van der Waals surface area contributed by atoms with Crippen LogP contribution in [-0.2, 0) is 36.2 Å². The van der Waals surface area contributed by atoms with Gasteiger partial charge in [-0.3, -0.25) is 14.3 Å². The van der Waals surface area contributed by atoms with Crippen molar-refractivity contribution in [1.82, 2.24) is 19.6 Å². The average Bonchev–Trinajstić information content (AvgIpc) is 3.10. The highest BCUT2D eigenvalue weighted by atomic mass is 19.1. The molecular formula is C22H27FN4O3. The van der Waals surface area contributed by atoms with Gasteiger partial charge < -0.3 is 14.5 Å². The molecule has 0 radical (unpaired) electrons. The van der Waals surface area contributed by atoms with Crippen molar-refractivity contribution in [3.63, 3.8) is 0 Å². The number of carbonyl (C=O) groups excluding carboxylic acids is 2. The molecule has 1 saturated heterocycles. The standard InChI is InChI=1S/C22H27FN4O3/c1-15(28)26-10-7-18(8-11-26)27(13-16-3-5-17(23)6-4-16)22(29)21-19-14-30-12-9-20(19)25(2)24-21/h3-6,18H,7-14H2,1-2H3. The van der Waals surface area contributed by atoms with E-state index in [1.54, 1.807) is 23.7 Å². The quantitative estimate of drug-likeness (QED) is 0.770. The number of halogens is 1. The molecule has 0 bridgehead atoms. The van der Waals surface area contributed by atoms with Gasteiger partial charge in [-0.15, -0.1) is 0 Å². The lowest BCUT2D eigenvalue weighted by molar-refractivity contribution is -0.130. The Morgan fingerprint density at radius 2 is 1.93 bits per heavy atom. The van der Waals surface area contributed by atoms with Crippen molar-refractivity contribution in [3.8, 4) is 0 Å². The summed E-state index contributed by atoms with van der Waals surface area (Å²) >= 11 is 0. The van der Waals surface area contributed by atoms with Crippen LogP contribution >= 0.6 is 0 Å². The Bertz CT molecular complexity index is 933. The number of carbonyl (C=O) groups is 2. The maximum atomic E-state index is 13.7. The van der Waals surface area contributed by atoms with Gasteiger partial charge in [0.1, 0.15) is 5.82 Å². The third kappa shape index (κ3) is 4.09. The van der Waals surface area contributed by atoms with Gasteiger partial charge in [-0.05, 0) is 30.5 Å². The number of aromatic nitrogens is 2. The fraction of sp³-hybridized carbons (Fsp3) is 0.500. The van der Waals surface area contributed by atoms with Crippen LogP contribution in [0.1, 0.15) is 47.1 Å². The lowest BCUT2D eigenvalue weighted by atomic mass is 10.0. The Hall–Kier alpha value is -2.74. The van der Waals surface area contributed by atoms with E-state index in [2.05, 4.69) is 5.10 Å².